The van der Waals surface area contributed by atoms with E-state index in [1.807, 2.05) is 35.0 Å². The molecule has 0 aliphatic carbocycles. The van der Waals surface area contributed by atoms with Crippen LogP contribution < -0.4 is 20.7 Å². The first kappa shape index (κ1) is 28.9. The summed E-state index contributed by atoms with van der Waals surface area (Å²) in [6.45, 7) is 1.80. The summed E-state index contributed by atoms with van der Waals surface area (Å²) in [4.78, 5) is 39.4. The summed E-state index contributed by atoms with van der Waals surface area (Å²) in [5, 5.41) is 12.2. The zero-order valence-electron chi connectivity index (χ0n) is 21.6. The lowest BCUT2D eigenvalue weighted by molar-refractivity contribution is -0.115. The summed E-state index contributed by atoms with van der Waals surface area (Å²) >= 11 is 9.01. The monoisotopic (exact) mass is 591 g/mol. The Bertz CT molecular complexity index is 1510. The number of methoxy groups -OCH3 is 1. The number of thiophene rings is 1. The van der Waals surface area contributed by atoms with E-state index in [9.17, 15) is 14.4 Å². The molecular formula is C30H26ClN3O4S2. The Balaban J connectivity index is 1.38. The molecule has 0 aliphatic rings. The molecule has 0 saturated heterocycles. The van der Waals surface area contributed by atoms with Gasteiger partial charge in [0.25, 0.3) is 11.8 Å². The SMILES string of the molecule is COc1ccc(NC(=O)C(C)Sc2ccc(NC(=O)/C(=C/c3ccsc3)NC(=O)c3ccccc3)cc2)cc1Cl. The minimum Gasteiger partial charge on any atom is -0.495 e. The molecular weight excluding hydrogens is 566 g/mol. The van der Waals surface area contributed by atoms with E-state index in [1.165, 1.54) is 30.2 Å². The minimum absolute atomic E-state index is 0.120. The molecule has 204 valence electrons. The molecule has 0 radical (unpaired) electrons. The topological polar surface area (TPSA) is 96.5 Å². The van der Waals surface area contributed by atoms with Crippen molar-refractivity contribution in [2.24, 2.45) is 0 Å². The second kappa shape index (κ2) is 13.8. The van der Waals surface area contributed by atoms with Crippen molar-refractivity contribution < 1.29 is 19.1 Å². The highest BCUT2D eigenvalue weighted by Crippen LogP contribution is 2.29. The Morgan fingerprint density at radius 1 is 0.950 bits per heavy atom. The molecule has 0 spiro atoms. The predicted octanol–water partition coefficient (Wildman–Crippen LogP) is 6.94. The molecule has 1 atom stereocenters. The molecule has 3 N–H and O–H groups in total. The van der Waals surface area contributed by atoms with Crippen LogP contribution in [0, 0.1) is 0 Å². The molecule has 1 unspecified atom stereocenters. The molecule has 0 aliphatic heterocycles. The fourth-order valence-corrected chi connectivity index (χ4v) is 5.27. The molecule has 40 heavy (non-hydrogen) atoms. The van der Waals surface area contributed by atoms with Gasteiger partial charge in [0.15, 0.2) is 0 Å². The molecule has 3 amide bonds. The van der Waals surface area contributed by atoms with Crippen molar-refractivity contribution in [1.29, 1.82) is 0 Å². The number of rotatable bonds is 10. The summed E-state index contributed by atoms with van der Waals surface area (Å²) in [6.07, 6.45) is 1.63. The van der Waals surface area contributed by atoms with Crippen LogP contribution in [0.2, 0.25) is 5.02 Å². The average molecular weight is 592 g/mol. The van der Waals surface area contributed by atoms with Gasteiger partial charge in [-0.1, -0.05) is 29.8 Å². The fraction of sp³-hybridized carbons (Fsp3) is 0.100. The van der Waals surface area contributed by atoms with E-state index in [0.29, 0.717) is 27.7 Å². The highest BCUT2D eigenvalue weighted by Gasteiger charge is 2.17. The van der Waals surface area contributed by atoms with Gasteiger partial charge >= 0.3 is 0 Å². The number of carbonyl (C=O) groups is 3. The minimum atomic E-state index is -0.457. The maximum Gasteiger partial charge on any atom is 0.272 e. The molecule has 1 heterocycles. The number of carbonyl (C=O) groups excluding carboxylic acids is 3. The molecule has 7 nitrogen and oxygen atoms in total. The van der Waals surface area contributed by atoms with Gasteiger partial charge in [-0.05, 0) is 90.0 Å². The van der Waals surface area contributed by atoms with Crippen LogP contribution in [-0.2, 0) is 9.59 Å². The van der Waals surface area contributed by atoms with E-state index in [2.05, 4.69) is 16.0 Å². The summed E-state index contributed by atoms with van der Waals surface area (Å²) in [7, 11) is 1.53. The van der Waals surface area contributed by atoms with Crippen LogP contribution >= 0.6 is 34.7 Å². The molecule has 4 rings (SSSR count). The maximum absolute atomic E-state index is 13.1. The Morgan fingerprint density at radius 3 is 2.33 bits per heavy atom. The Morgan fingerprint density at radius 2 is 1.68 bits per heavy atom. The number of anilines is 2. The van der Waals surface area contributed by atoms with Gasteiger partial charge in [-0.3, -0.25) is 14.4 Å². The van der Waals surface area contributed by atoms with Gasteiger partial charge in [0, 0.05) is 21.8 Å². The number of halogens is 1. The Labute approximate surface area is 245 Å². The normalized spacial score (nSPS) is 11.8. The van der Waals surface area contributed by atoms with E-state index in [0.717, 1.165) is 10.5 Å². The first-order valence-electron chi connectivity index (χ1n) is 12.1. The van der Waals surface area contributed by atoms with Gasteiger partial charge in [-0.25, -0.2) is 0 Å². The van der Waals surface area contributed by atoms with Gasteiger partial charge in [0.2, 0.25) is 5.91 Å². The Hall–Kier alpha value is -4.05. The quantitative estimate of drug-likeness (QED) is 0.137. The third-order valence-corrected chi connectivity index (χ3v) is 7.71. The number of amides is 3. The van der Waals surface area contributed by atoms with Crippen molar-refractivity contribution in [2.75, 3.05) is 17.7 Å². The van der Waals surface area contributed by atoms with Gasteiger partial charge in [-0.2, -0.15) is 11.3 Å². The first-order valence-corrected chi connectivity index (χ1v) is 14.3. The van der Waals surface area contributed by atoms with Crippen molar-refractivity contribution >= 4 is 69.9 Å². The number of ether oxygens (including phenoxy) is 1. The lowest BCUT2D eigenvalue weighted by Crippen LogP contribution is -2.30. The van der Waals surface area contributed by atoms with Crippen LogP contribution in [0.4, 0.5) is 11.4 Å². The second-order valence-electron chi connectivity index (χ2n) is 8.51. The molecule has 3 aromatic carbocycles. The van der Waals surface area contributed by atoms with Crippen LogP contribution in [0.5, 0.6) is 5.75 Å². The average Bonchev–Trinajstić information content (AvgIpc) is 3.47. The molecule has 4 aromatic rings. The zero-order valence-corrected chi connectivity index (χ0v) is 24.0. The van der Waals surface area contributed by atoms with E-state index in [-0.39, 0.29) is 17.5 Å². The van der Waals surface area contributed by atoms with Crippen molar-refractivity contribution in [3.8, 4) is 5.75 Å². The van der Waals surface area contributed by atoms with Crippen LogP contribution in [0.3, 0.4) is 0 Å². The van der Waals surface area contributed by atoms with Gasteiger partial charge in [0.1, 0.15) is 11.4 Å². The maximum atomic E-state index is 13.1. The first-order chi connectivity index (χ1) is 19.3. The van der Waals surface area contributed by atoms with Crippen molar-refractivity contribution in [3.05, 3.63) is 111 Å². The number of benzene rings is 3. The van der Waals surface area contributed by atoms with Crippen LogP contribution in [0.1, 0.15) is 22.8 Å². The number of hydrogen-bond acceptors (Lipinski definition) is 6. The van der Waals surface area contributed by atoms with E-state index in [1.54, 1.807) is 67.6 Å². The summed E-state index contributed by atoms with van der Waals surface area (Å²) < 4.78 is 5.14. The number of nitrogens with one attached hydrogen (secondary N) is 3. The third kappa shape index (κ3) is 7.98. The second-order valence-corrected chi connectivity index (χ2v) is 11.1. The largest absolute Gasteiger partial charge is 0.495 e. The molecule has 1 aromatic heterocycles. The standard InChI is InChI=1S/C30H26ClN3O4S2/c1-19(28(35)33-23-10-13-27(38-2)25(31)17-23)40-24-11-8-22(9-12-24)32-30(37)26(16-20-14-15-39-18-20)34-29(36)21-6-4-3-5-7-21/h3-19H,1-2H3,(H,32,37)(H,33,35)(H,34,36)/b26-16-. The van der Waals surface area contributed by atoms with E-state index >= 15 is 0 Å². The molecule has 0 saturated carbocycles. The highest BCUT2D eigenvalue weighted by molar-refractivity contribution is 8.00. The fourth-order valence-electron chi connectivity index (χ4n) is 3.53. The Kier molecular flexibility index (Phi) is 10.0. The van der Waals surface area contributed by atoms with Crippen LogP contribution in [0.25, 0.3) is 6.08 Å². The van der Waals surface area contributed by atoms with Gasteiger partial charge in [-0.15, -0.1) is 11.8 Å². The summed E-state index contributed by atoms with van der Waals surface area (Å²) in [5.74, 6) is -0.488. The van der Waals surface area contributed by atoms with Gasteiger partial charge in [0.05, 0.1) is 17.4 Å². The number of hydrogen-bond donors (Lipinski definition) is 3. The van der Waals surface area contributed by atoms with E-state index in [4.69, 9.17) is 16.3 Å². The van der Waals surface area contributed by atoms with Gasteiger partial charge < -0.3 is 20.7 Å². The van der Waals surface area contributed by atoms with Crippen molar-refractivity contribution in [1.82, 2.24) is 5.32 Å². The molecule has 0 fully saturated rings. The van der Waals surface area contributed by atoms with Crippen molar-refractivity contribution in [3.63, 3.8) is 0 Å². The molecule has 0 bridgehead atoms. The van der Waals surface area contributed by atoms with Crippen LogP contribution in [-0.4, -0.2) is 30.1 Å². The van der Waals surface area contributed by atoms with Crippen LogP contribution in [0.15, 0.2) is 100 Å². The van der Waals surface area contributed by atoms with E-state index < -0.39 is 11.2 Å². The lowest BCUT2D eigenvalue weighted by Gasteiger charge is -2.14. The number of thioether (sulfide) groups is 1. The third-order valence-electron chi connectivity index (χ3n) is 5.60. The van der Waals surface area contributed by atoms with Crippen molar-refractivity contribution in [2.45, 2.75) is 17.1 Å². The lowest BCUT2D eigenvalue weighted by atomic mass is 10.2. The summed E-state index contributed by atoms with van der Waals surface area (Å²) in [6, 6.07) is 22.7. The highest BCUT2D eigenvalue weighted by atomic mass is 35.5. The smallest absolute Gasteiger partial charge is 0.272 e. The predicted molar refractivity (Wildman–Crippen MR) is 163 cm³/mol. The zero-order chi connectivity index (χ0) is 28.5. The molecule has 10 heteroatoms. The summed E-state index contributed by atoms with van der Waals surface area (Å²) in [5.41, 5.74) is 2.49.